The van der Waals surface area contributed by atoms with Gasteiger partial charge in [0.05, 0.1) is 12.6 Å². The van der Waals surface area contributed by atoms with Crippen molar-refractivity contribution in [3.63, 3.8) is 0 Å². The van der Waals surface area contributed by atoms with Gasteiger partial charge in [-0.1, -0.05) is 44.2 Å². The third-order valence-electron chi connectivity index (χ3n) is 5.80. The molecule has 1 aliphatic rings. The average molecular weight is 388 g/mol. The van der Waals surface area contributed by atoms with Crippen LogP contribution in [-0.4, -0.2) is 67.1 Å². The molecule has 0 spiro atoms. The van der Waals surface area contributed by atoms with Gasteiger partial charge in [0.1, 0.15) is 0 Å². The molecule has 0 amide bonds. The highest BCUT2D eigenvalue weighted by atomic mass is 15.2. The molecule has 1 aromatic rings. The highest BCUT2D eigenvalue weighted by Gasteiger charge is 2.22. The number of nitrogens with zero attached hydrogens (tertiary/aromatic N) is 3. The fraction of sp³-hybridized carbons (Fsp3) is 0.696. The van der Waals surface area contributed by atoms with Crippen LogP contribution >= 0.6 is 0 Å². The number of rotatable bonds is 9. The summed E-state index contributed by atoms with van der Waals surface area (Å²) < 4.78 is 0. The lowest BCUT2D eigenvalue weighted by molar-refractivity contribution is 0.167. The summed E-state index contributed by atoms with van der Waals surface area (Å²) in [6, 6.07) is 12.3. The van der Waals surface area contributed by atoms with E-state index >= 15 is 0 Å². The van der Waals surface area contributed by atoms with Crippen molar-refractivity contribution in [2.45, 2.75) is 65.6 Å². The van der Waals surface area contributed by atoms with Gasteiger partial charge in [0.2, 0.25) is 0 Å². The molecule has 1 fully saturated rings. The predicted octanol–water partition coefficient (Wildman–Crippen LogP) is 3.50. The Morgan fingerprint density at radius 1 is 1.11 bits per heavy atom. The van der Waals surface area contributed by atoms with E-state index in [1.165, 1.54) is 31.5 Å². The minimum absolute atomic E-state index is 0.314. The number of likely N-dealkylation sites (tertiary alicyclic amines) is 1. The van der Waals surface area contributed by atoms with Crippen molar-refractivity contribution >= 4 is 5.96 Å². The summed E-state index contributed by atoms with van der Waals surface area (Å²) in [5.74, 6) is 0.957. The molecule has 0 saturated carbocycles. The summed E-state index contributed by atoms with van der Waals surface area (Å²) in [6.45, 7) is 17.2. The molecule has 28 heavy (non-hydrogen) atoms. The van der Waals surface area contributed by atoms with E-state index in [4.69, 9.17) is 4.99 Å². The maximum atomic E-state index is 4.99. The maximum Gasteiger partial charge on any atom is 0.191 e. The Balaban J connectivity index is 2.04. The van der Waals surface area contributed by atoms with Crippen LogP contribution in [0.1, 0.15) is 59.1 Å². The normalized spacial score (nSPS) is 17.9. The molecule has 0 aromatic heterocycles. The summed E-state index contributed by atoms with van der Waals surface area (Å²) in [5, 5.41) is 7.14. The summed E-state index contributed by atoms with van der Waals surface area (Å²) in [5.41, 5.74) is 1.34. The van der Waals surface area contributed by atoms with Gasteiger partial charge >= 0.3 is 0 Å². The number of nitrogens with one attached hydrogen (secondary N) is 2. The summed E-state index contributed by atoms with van der Waals surface area (Å²) in [7, 11) is 0. The van der Waals surface area contributed by atoms with E-state index in [1.807, 2.05) is 0 Å². The molecule has 5 nitrogen and oxygen atoms in total. The maximum absolute atomic E-state index is 4.99. The van der Waals surface area contributed by atoms with E-state index < -0.39 is 0 Å². The van der Waals surface area contributed by atoms with Crippen LogP contribution in [0.3, 0.4) is 0 Å². The van der Waals surface area contributed by atoms with Crippen LogP contribution < -0.4 is 10.6 Å². The smallest absolute Gasteiger partial charge is 0.191 e. The third-order valence-corrected chi connectivity index (χ3v) is 5.80. The Labute approximate surface area is 172 Å². The molecule has 1 aliphatic heterocycles. The number of hydrogen-bond donors (Lipinski definition) is 2. The highest BCUT2D eigenvalue weighted by Crippen LogP contribution is 2.21. The lowest BCUT2D eigenvalue weighted by Crippen LogP contribution is -2.50. The topological polar surface area (TPSA) is 42.9 Å². The molecule has 0 aliphatic carbocycles. The van der Waals surface area contributed by atoms with Crippen LogP contribution in [0.5, 0.6) is 0 Å². The molecule has 2 rings (SSSR count). The average Bonchev–Trinajstić information content (AvgIpc) is 2.72. The van der Waals surface area contributed by atoms with E-state index in [-0.39, 0.29) is 0 Å². The molecule has 1 atom stereocenters. The molecule has 158 valence electrons. The lowest BCUT2D eigenvalue weighted by atomic mass is 10.0. The zero-order chi connectivity index (χ0) is 20.4. The minimum Gasteiger partial charge on any atom is -0.357 e. The van der Waals surface area contributed by atoms with Gasteiger partial charge in [-0.2, -0.15) is 0 Å². The van der Waals surface area contributed by atoms with Crippen molar-refractivity contribution in [3.8, 4) is 0 Å². The van der Waals surface area contributed by atoms with Gasteiger partial charge in [0.25, 0.3) is 0 Å². The largest absolute Gasteiger partial charge is 0.357 e. The molecule has 0 radical (unpaired) electrons. The van der Waals surface area contributed by atoms with Gasteiger partial charge in [-0.25, -0.2) is 0 Å². The van der Waals surface area contributed by atoms with Gasteiger partial charge in [0, 0.05) is 31.7 Å². The molecule has 2 N–H and O–H groups in total. The second-order valence-electron chi connectivity index (χ2n) is 7.92. The zero-order valence-corrected chi connectivity index (χ0v) is 18.6. The number of piperidine rings is 1. The fourth-order valence-electron chi connectivity index (χ4n) is 4.02. The first-order chi connectivity index (χ1) is 13.6. The predicted molar refractivity (Wildman–Crippen MR) is 121 cm³/mol. The van der Waals surface area contributed by atoms with Crippen molar-refractivity contribution < 1.29 is 0 Å². The van der Waals surface area contributed by atoms with E-state index in [9.17, 15) is 0 Å². The molecule has 1 heterocycles. The first kappa shape index (κ1) is 22.7. The SMILES string of the molecule is CCNC(=NCC(c1ccccc1)N(CC)CC)NC1CCN(C(C)C)CC1. The first-order valence-electron chi connectivity index (χ1n) is 11.2. The second-order valence-corrected chi connectivity index (χ2v) is 7.92. The van der Waals surface area contributed by atoms with Crippen LogP contribution in [0.4, 0.5) is 0 Å². The number of hydrogen-bond acceptors (Lipinski definition) is 3. The van der Waals surface area contributed by atoms with Crippen molar-refractivity contribution in [3.05, 3.63) is 35.9 Å². The van der Waals surface area contributed by atoms with Gasteiger partial charge in [-0.15, -0.1) is 0 Å². The molecular formula is C23H41N5. The Morgan fingerprint density at radius 3 is 2.29 bits per heavy atom. The highest BCUT2D eigenvalue weighted by molar-refractivity contribution is 5.80. The Bertz CT molecular complexity index is 560. The Kier molecular flexibility index (Phi) is 9.79. The van der Waals surface area contributed by atoms with Crippen LogP contribution in [0.25, 0.3) is 0 Å². The summed E-state index contributed by atoms with van der Waals surface area (Å²) in [4.78, 5) is 10.0. The van der Waals surface area contributed by atoms with Crippen molar-refractivity contribution in [1.82, 2.24) is 20.4 Å². The lowest BCUT2D eigenvalue weighted by Gasteiger charge is -2.35. The van der Waals surface area contributed by atoms with Crippen LogP contribution in [0, 0.1) is 0 Å². The summed E-state index contributed by atoms with van der Waals surface area (Å²) >= 11 is 0. The van der Waals surface area contributed by atoms with Crippen LogP contribution in [0.2, 0.25) is 0 Å². The zero-order valence-electron chi connectivity index (χ0n) is 18.6. The van der Waals surface area contributed by atoms with E-state index in [0.717, 1.165) is 32.1 Å². The summed E-state index contributed by atoms with van der Waals surface area (Å²) in [6.07, 6.45) is 2.36. The molecule has 1 aromatic carbocycles. The number of aliphatic imine (C=N–C) groups is 1. The molecule has 0 bridgehead atoms. The molecule has 1 saturated heterocycles. The monoisotopic (exact) mass is 387 g/mol. The Hall–Kier alpha value is -1.59. The van der Waals surface area contributed by atoms with Crippen LogP contribution in [0.15, 0.2) is 35.3 Å². The van der Waals surface area contributed by atoms with E-state index in [2.05, 4.69) is 85.4 Å². The van der Waals surface area contributed by atoms with Gasteiger partial charge in [-0.3, -0.25) is 9.89 Å². The van der Waals surface area contributed by atoms with Crippen LogP contribution in [-0.2, 0) is 0 Å². The van der Waals surface area contributed by atoms with E-state index in [1.54, 1.807) is 0 Å². The quantitative estimate of drug-likeness (QED) is 0.503. The minimum atomic E-state index is 0.314. The first-order valence-corrected chi connectivity index (χ1v) is 11.2. The number of likely N-dealkylation sites (N-methyl/N-ethyl adjacent to an activating group) is 1. The van der Waals surface area contributed by atoms with E-state index in [0.29, 0.717) is 18.1 Å². The van der Waals surface area contributed by atoms with Crippen molar-refractivity contribution in [2.24, 2.45) is 4.99 Å². The Morgan fingerprint density at radius 2 is 1.75 bits per heavy atom. The fourth-order valence-corrected chi connectivity index (χ4v) is 4.02. The van der Waals surface area contributed by atoms with Crippen molar-refractivity contribution in [2.75, 3.05) is 39.3 Å². The number of benzene rings is 1. The molecule has 5 heteroatoms. The van der Waals surface area contributed by atoms with Gasteiger partial charge in [0.15, 0.2) is 5.96 Å². The van der Waals surface area contributed by atoms with Gasteiger partial charge < -0.3 is 15.5 Å². The standard InChI is InChI=1S/C23H41N5/c1-6-24-23(26-21-14-16-28(17-15-21)19(4)5)25-18-22(27(7-2)8-3)20-12-10-9-11-13-20/h9-13,19,21-22H,6-8,14-18H2,1-5H3,(H2,24,25,26). The van der Waals surface area contributed by atoms with Gasteiger partial charge in [-0.05, 0) is 52.3 Å². The third kappa shape index (κ3) is 6.78. The molecular weight excluding hydrogens is 346 g/mol. The second kappa shape index (κ2) is 12.1. The molecule has 1 unspecified atom stereocenters. The van der Waals surface area contributed by atoms with Crippen molar-refractivity contribution in [1.29, 1.82) is 0 Å². The number of guanidine groups is 1.